The van der Waals surface area contributed by atoms with Gasteiger partial charge in [-0.1, -0.05) is 194 Å². The second-order valence-corrected chi connectivity index (χ2v) is 16.7. The summed E-state index contributed by atoms with van der Waals surface area (Å²) in [4.78, 5) is 45.9. The molecule has 0 fully saturated rings. The average molecular weight is 792 g/mol. The number of carboxylic acids is 1. The number of hydrogen-bond acceptors (Lipinski definition) is 9. The number of nitrogens with two attached hydrogens (primary N) is 1. The molecule has 0 rings (SSSR count). The Kier molecular flexibility index (Phi) is 37.3. The van der Waals surface area contributed by atoms with E-state index in [-0.39, 0.29) is 19.4 Å². The largest absolute Gasteiger partial charge is 0.480 e. The molecule has 54 heavy (non-hydrogen) atoms. The SMILES string of the molecule is CCCCCCCCCCCCCCCCCCCCCC(=O)OC[C@@H](COP(=O)(O)OC[C@@H](N)C(=O)O)OC(=O)CCCCCCCCCCCCC. The van der Waals surface area contributed by atoms with Gasteiger partial charge in [-0.3, -0.25) is 23.4 Å². The van der Waals surface area contributed by atoms with Gasteiger partial charge in [0.25, 0.3) is 0 Å². The molecule has 3 atom stereocenters. The summed E-state index contributed by atoms with van der Waals surface area (Å²) in [5.74, 6) is -2.36. The van der Waals surface area contributed by atoms with Gasteiger partial charge in [-0.25, -0.2) is 4.57 Å². The lowest BCUT2D eigenvalue weighted by atomic mass is 10.0. The normalized spacial score (nSPS) is 13.7. The highest BCUT2D eigenvalue weighted by Gasteiger charge is 2.28. The number of carbonyl (C=O) groups is 3. The van der Waals surface area contributed by atoms with Crippen LogP contribution in [0.1, 0.15) is 219 Å². The van der Waals surface area contributed by atoms with Crippen molar-refractivity contribution in [3.05, 3.63) is 0 Å². The van der Waals surface area contributed by atoms with Gasteiger partial charge in [0.05, 0.1) is 13.2 Å². The fourth-order valence-electron chi connectivity index (χ4n) is 6.36. The second-order valence-electron chi connectivity index (χ2n) is 15.2. The van der Waals surface area contributed by atoms with E-state index in [2.05, 4.69) is 18.4 Å². The average Bonchev–Trinajstić information content (AvgIpc) is 3.14. The van der Waals surface area contributed by atoms with Gasteiger partial charge in [0.1, 0.15) is 12.6 Å². The Morgan fingerprint density at radius 2 is 0.815 bits per heavy atom. The molecule has 1 unspecified atom stereocenters. The fraction of sp³-hybridized carbons (Fsp3) is 0.929. The van der Waals surface area contributed by atoms with Crippen LogP contribution in [-0.4, -0.2) is 59.9 Å². The summed E-state index contributed by atoms with van der Waals surface area (Å²) in [5, 5.41) is 8.88. The third-order valence-corrected chi connectivity index (χ3v) is 10.8. The molecule has 12 heteroatoms. The lowest BCUT2D eigenvalue weighted by Crippen LogP contribution is -2.34. The van der Waals surface area contributed by atoms with E-state index in [0.717, 1.165) is 38.5 Å². The van der Waals surface area contributed by atoms with E-state index >= 15 is 0 Å². The summed E-state index contributed by atoms with van der Waals surface area (Å²) in [6, 6.07) is -1.52. The predicted octanol–water partition coefficient (Wildman–Crippen LogP) is 11.5. The zero-order chi connectivity index (χ0) is 40.0. The maximum Gasteiger partial charge on any atom is 0.472 e. The van der Waals surface area contributed by atoms with Gasteiger partial charge in [0, 0.05) is 12.8 Å². The van der Waals surface area contributed by atoms with Crippen molar-refractivity contribution in [2.45, 2.75) is 231 Å². The highest BCUT2D eigenvalue weighted by molar-refractivity contribution is 7.47. The van der Waals surface area contributed by atoms with Gasteiger partial charge in [-0.2, -0.15) is 0 Å². The molecule has 0 radical (unpaired) electrons. The summed E-state index contributed by atoms with van der Waals surface area (Å²) in [6.45, 7) is 2.82. The molecule has 0 amide bonds. The van der Waals surface area contributed by atoms with Crippen molar-refractivity contribution in [3.8, 4) is 0 Å². The molecule has 0 heterocycles. The molecular weight excluding hydrogens is 709 g/mol. The maximum atomic E-state index is 12.6. The lowest BCUT2D eigenvalue weighted by molar-refractivity contribution is -0.161. The third kappa shape index (κ3) is 37.4. The van der Waals surface area contributed by atoms with Crippen molar-refractivity contribution >= 4 is 25.7 Å². The van der Waals surface area contributed by atoms with Crippen LogP contribution in [-0.2, 0) is 37.5 Å². The van der Waals surface area contributed by atoms with E-state index in [0.29, 0.717) is 12.8 Å². The lowest BCUT2D eigenvalue weighted by Gasteiger charge is -2.20. The summed E-state index contributed by atoms with van der Waals surface area (Å²) in [7, 11) is -4.70. The van der Waals surface area contributed by atoms with Gasteiger partial charge in [-0.15, -0.1) is 0 Å². The summed E-state index contributed by atoms with van der Waals surface area (Å²) >= 11 is 0. The predicted molar refractivity (Wildman–Crippen MR) is 217 cm³/mol. The van der Waals surface area contributed by atoms with Gasteiger partial charge in [0.2, 0.25) is 0 Å². The highest BCUT2D eigenvalue weighted by Crippen LogP contribution is 2.43. The van der Waals surface area contributed by atoms with E-state index in [1.165, 1.54) is 141 Å². The van der Waals surface area contributed by atoms with Crippen LogP contribution in [0, 0.1) is 0 Å². The van der Waals surface area contributed by atoms with Crippen LogP contribution < -0.4 is 5.73 Å². The molecule has 0 spiro atoms. The minimum Gasteiger partial charge on any atom is -0.480 e. The van der Waals surface area contributed by atoms with Crippen molar-refractivity contribution in [2.75, 3.05) is 19.8 Å². The molecule has 0 bridgehead atoms. The van der Waals surface area contributed by atoms with Crippen LogP contribution in [0.3, 0.4) is 0 Å². The van der Waals surface area contributed by atoms with Crippen LogP contribution in [0.2, 0.25) is 0 Å². The highest BCUT2D eigenvalue weighted by atomic mass is 31.2. The standard InChI is InChI=1S/C42H82NO10P/c1-3-5-7-9-11-13-15-16-17-18-19-20-21-22-24-25-27-29-31-33-40(44)50-35-38(36-51-54(48,49)52-37-39(43)42(46)47)53-41(45)34-32-30-28-26-23-14-12-10-8-6-4-2/h38-39H,3-37,43H2,1-2H3,(H,46,47)(H,48,49)/t38-,39+/m0/s1. The van der Waals surface area contributed by atoms with Crippen LogP contribution in [0.25, 0.3) is 0 Å². The fourth-order valence-corrected chi connectivity index (χ4v) is 7.14. The molecule has 320 valence electrons. The molecule has 11 nitrogen and oxygen atoms in total. The van der Waals surface area contributed by atoms with Crippen molar-refractivity contribution in [2.24, 2.45) is 5.73 Å². The van der Waals surface area contributed by atoms with E-state index in [1.807, 2.05) is 0 Å². The number of carbonyl (C=O) groups excluding carboxylic acids is 2. The zero-order valence-electron chi connectivity index (χ0n) is 34.6. The van der Waals surface area contributed by atoms with Crippen molar-refractivity contribution < 1.29 is 47.5 Å². The Balaban J connectivity index is 4.23. The number of rotatable bonds is 42. The molecule has 4 N–H and O–H groups in total. The van der Waals surface area contributed by atoms with Crippen molar-refractivity contribution in [1.29, 1.82) is 0 Å². The van der Waals surface area contributed by atoms with Crippen LogP contribution in [0.15, 0.2) is 0 Å². The number of aliphatic carboxylic acids is 1. The summed E-state index contributed by atoms with van der Waals surface area (Å²) in [6.07, 6.45) is 36.0. The first kappa shape index (κ1) is 52.5. The Morgan fingerprint density at radius 3 is 1.17 bits per heavy atom. The number of carboxylic acid groups (broad SMARTS) is 1. The number of hydrogen-bond donors (Lipinski definition) is 3. The molecule has 0 aromatic rings. The molecule has 0 saturated carbocycles. The van der Waals surface area contributed by atoms with Crippen LogP contribution in [0.4, 0.5) is 0 Å². The molecule has 0 aromatic carbocycles. The molecule has 0 aliphatic rings. The molecule has 0 aliphatic carbocycles. The smallest absolute Gasteiger partial charge is 0.472 e. The molecule has 0 aromatic heterocycles. The first-order valence-corrected chi connectivity index (χ1v) is 23.6. The first-order valence-electron chi connectivity index (χ1n) is 22.1. The minimum atomic E-state index is -4.70. The second kappa shape index (κ2) is 38.4. The van der Waals surface area contributed by atoms with E-state index in [1.54, 1.807) is 0 Å². The third-order valence-electron chi connectivity index (χ3n) is 9.86. The van der Waals surface area contributed by atoms with Gasteiger partial charge in [0.15, 0.2) is 6.10 Å². The quantitative estimate of drug-likeness (QED) is 0.0305. The summed E-state index contributed by atoms with van der Waals surface area (Å²) < 4.78 is 32.7. The van der Waals surface area contributed by atoms with Gasteiger partial charge >= 0.3 is 25.7 Å². The van der Waals surface area contributed by atoms with Gasteiger partial charge in [-0.05, 0) is 12.8 Å². The van der Waals surface area contributed by atoms with E-state index in [9.17, 15) is 23.8 Å². The van der Waals surface area contributed by atoms with Crippen LogP contribution >= 0.6 is 7.82 Å². The number of ether oxygens (including phenoxy) is 2. The Labute approximate surface area is 329 Å². The topological polar surface area (TPSA) is 172 Å². The van der Waals surface area contributed by atoms with Crippen molar-refractivity contribution in [1.82, 2.24) is 0 Å². The Bertz CT molecular complexity index is 937. The van der Waals surface area contributed by atoms with Crippen LogP contribution in [0.5, 0.6) is 0 Å². The number of esters is 2. The molecule has 0 aliphatic heterocycles. The Hall–Kier alpha value is -1.52. The summed E-state index contributed by atoms with van der Waals surface area (Å²) in [5.41, 5.74) is 5.33. The van der Waals surface area contributed by atoms with E-state index < -0.39 is 51.1 Å². The molecular formula is C42H82NO10P. The molecule has 0 saturated heterocycles. The minimum absolute atomic E-state index is 0.168. The maximum absolute atomic E-state index is 12.6. The first-order chi connectivity index (χ1) is 26.1. The van der Waals surface area contributed by atoms with Gasteiger partial charge < -0.3 is 25.2 Å². The Morgan fingerprint density at radius 1 is 0.500 bits per heavy atom. The number of phosphoric ester groups is 1. The van der Waals surface area contributed by atoms with Crippen molar-refractivity contribution in [3.63, 3.8) is 0 Å². The zero-order valence-corrected chi connectivity index (χ0v) is 35.5. The number of phosphoric acid groups is 1. The number of unbranched alkanes of at least 4 members (excludes halogenated alkanes) is 28. The monoisotopic (exact) mass is 792 g/mol. The van der Waals surface area contributed by atoms with E-state index in [4.69, 9.17) is 24.8 Å².